The number of rotatable bonds is 5. The van der Waals surface area contributed by atoms with Crippen molar-refractivity contribution in [2.75, 3.05) is 4.90 Å². The number of ketones is 1. The van der Waals surface area contributed by atoms with E-state index < -0.39 is 17.3 Å². The fourth-order valence-corrected chi connectivity index (χ4v) is 3.72. The number of hydrogen-bond donors (Lipinski definition) is 1. The number of anilines is 1. The molecule has 3 aromatic rings. The number of aliphatic hydroxyl groups is 1. The molecule has 2 heterocycles. The van der Waals surface area contributed by atoms with E-state index in [-0.39, 0.29) is 18.7 Å². The van der Waals surface area contributed by atoms with Gasteiger partial charge < -0.3 is 10.0 Å². The molecular formula is C22H17ClN2O3. The lowest BCUT2D eigenvalue weighted by molar-refractivity contribution is -0.136. The number of carbonyl (C=O) groups is 2. The van der Waals surface area contributed by atoms with Crippen LogP contribution in [0.25, 0.3) is 0 Å². The number of carbonyl (C=O) groups excluding carboxylic acids is 2. The van der Waals surface area contributed by atoms with Gasteiger partial charge in [-0.25, -0.2) is 0 Å². The van der Waals surface area contributed by atoms with Crippen LogP contribution in [-0.4, -0.2) is 21.8 Å². The molecule has 1 N–H and O–H groups in total. The summed E-state index contributed by atoms with van der Waals surface area (Å²) < 4.78 is 0. The van der Waals surface area contributed by atoms with Gasteiger partial charge in [0.15, 0.2) is 11.4 Å². The van der Waals surface area contributed by atoms with E-state index in [0.29, 0.717) is 16.3 Å². The highest BCUT2D eigenvalue weighted by Gasteiger charge is 2.50. The summed E-state index contributed by atoms with van der Waals surface area (Å²) in [4.78, 5) is 31.4. The lowest BCUT2D eigenvalue weighted by Gasteiger charge is -2.22. The molecule has 0 saturated carbocycles. The number of para-hydroxylation sites is 1. The van der Waals surface area contributed by atoms with Gasteiger partial charge in [-0.15, -0.1) is 0 Å². The Morgan fingerprint density at radius 2 is 1.86 bits per heavy atom. The average molecular weight is 393 g/mol. The first-order valence-electron chi connectivity index (χ1n) is 8.81. The van der Waals surface area contributed by atoms with Gasteiger partial charge in [0, 0.05) is 16.8 Å². The number of nitrogens with zero attached hydrogens (tertiary/aromatic N) is 2. The Morgan fingerprint density at radius 3 is 2.61 bits per heavy atom. The third-order valence-electron chi connectivity index (χ3n) is 4.84. The van der Waals surface area contributed by atoms with Crippen LogP contribution in [0.15, 0.2) is 72.9 Å². The van der Waals surface area contributed by atoms with Crippen molar-refractivity contribution >= 4 is 29.0 Å². The fourth-order valence-electron chi connectivity index (χ4n) is 3.50. The van der Waals surface area contributed by atoms with Crippen molar-refractivity contribution in [1.29, 1.82) is 0 Å². The van der Waals surface area contributed by atoms with Crippen molar-refractivity contribution in [3.8, 4) is 0 Å². The van der Waals surface area contributed by atoms with Gasteiger partial charge in [-0.3, -0.25) is 14.6 Å². The molecule has 140 valence electrons. The second-order valence-electron chi connectivity index (χ2n) is 6.71. The molecule has 6 heteroatoms. The molecule has 0 bridgehead atoms. The molecule has 0 saturated heterocycles. The van der Waals surface area contributed by atoms with Gasteiger partial charge in [0.2, 0.25) is 0 Å². The summed E-state index contributed by atoms with van der Waals surface area (Å²) in [6.07, 6.45) is 1.14. The summed E-state index contributed by atoms with van der Waals surface area (Å²) >= 11 is 6.06. The largest absolute Gasteiger partial charge is 0.375 e. The molecule has 5 nitrogen and oxygen atoms in total. The van der Waals surface area contributed by atoms with Crippen LogP contribution in [0.1, 0.15) is 28.0 Å². The molecule has 1 aromatic heterocycles. The smallest absolute Gasteiger partial charge is 0.264 e. The molecule has 2 aromatic carbocycles. The van der Waals surface area contributed by atoms with Crippen LogP contribution in [0.3, 0.4) is 0 Å². The van der Waals surface area contributed by atoms with Crippen LogP contribution in [0, 0.1) is 0 Å². The summed E-state index contributed by atoms with van der Waals surface area (Å²) in [5, 5.41) is 11.8. The summed E-state index contributed by atoms with van der Waals surface area (Å²) in [6, 6.07) is 19.1. The summed E-state index contributed by atoms with van der Waals surface area (Å²) in [6.45, 7) is 0.247. The molecule has 0 unspecified atom stereocenters. The molecule has 1 amide bonds. The SMILES string of the molecule is O=C(C[C@@]1(O)C(=O)N(Cc2cccc(Cl)c2)c2ccccc21)c1ccccn1. The third kappa shape index (κ3) is 3.19. The molecule has 1 aliphatic rings. The zero-order chi connectivity index (χ0) is 19.7. The maximum Gasteiger partial charge on any atom is 0.264 e. The van der Waals surface area contributed by atoms with Gasteiger partial charge in [-0.1, -0.05) is 48.0 Å². The molecule has 28 heavy (non-hydrogen) atoms. The number of halogens is 1. The van der Waals surface area contributed by atoms with E-state index in [1.807, 2.05) is 6.07 Å². The van der Waals surface area contributed by atoms with Crippen molar-refractivity contribution in [2.45, 2.75) is 18.6 Å². The summed E-state index contributed by atoms with van der Waals surface area (Å²) in [5.41, 5.74) is 0.129. The summed E-state index contributed by atoms with van der Waals surface area (Å²) in [5.74, 6) is -0.922. The first-order chi connectivity index (χ1) is 13.5. The molecule has 4 rings (SSSR count). The first-order valence-corrected chi connectivity index (χ1v) is 9.19. The minimum atomic E-state index is -1.93. The standard InChI is InChI=1S/C22H17ClN2O3/c23-16-7-5-6-15(12-16)14-25-19-10-2-1-8-17(19)22(28,21(25)27)13-20(26)18-9-3-4-11-24-18/h1-12,28H,13-14H2/t22-/m0/s1. The highest BCUT2D eigenvalue weighted by Crippen LogP contribution is 2.43. The van der Waals surface area contributed by atoms with Gasteiger partial charge in [0.05, 0.1) is 18.7 Å². The number of aromatic nitrogens is 1. The van der Waals surface area contributed by atoms with E-state index in [2.05, 4.69) is 4.98 Å². The molecule has 0 radical (unpaired) electrons. The normalized spacial score (nSPS) is 18.2. The number of hydrogen-bond acceptors (Lipinski definition) is 4. The second kappa shape index (κ2) is 7.19. The highest BCUT2D eigenvalue weighted by atomic mass is 35.5. The molecule has 1 aliphatic heterocycles. The van der Waals surface area contributed by atoms with E-state index >= 15 is 0 Å². The Balaban J connectivity index is 1.69. The van der Waals surface area contributed by atoms with E-state index in [1.54, 1.807) is 60.7 Å². The minimum absolute atomic E-state index is 0.217. The predicted octanol–water partition coefficient (Wildman–Crippen LogP) is 3.74. The molecular weight excluding hydrogens is 376 g/mol. The molecule has 0 spiro atoms. The van der Waals surface area contributed by atoms with Gasteiger partial charge in [-0.2, -0.15) is 0 Å². The van der Waals surface area contributed by atoms with Gasteiger partial charge in [0.1, 0.15) is 5.69 Å². The van der Waals surface area contributed by atoms with Gasteiger partial charge >= 0.3 is 0 Å². The lowest BCUT2D eigenvalue weighted by Crippen LogP contribution is -2.41. The van der Waals surface area contributed by atoms with Crippen molar-refractivity contribution in [3.05, 3.63) is 94.8 Å². The van der Waals surface area contributed by atoms with Crippen LogP contribution in [0.2, 0.25) is 5.02 Å². The molecule has 0 aliphatic carbocycles. The maximum absolute atomic E-state index is 13.2. The van der Waals surface area contributed by atoms with Gasteiger partial charge in [-0.05, 0) is 35.9 Å². The van der Waals surface area contributed by atoms with Crippen molar-refractivity contribution in [2.24, 2.45) is 0 Å². The third-order valence-corrected chi connectivity index (χ3v) is 5.07. The van der Waals surface area contributed by atoms with Crippen LogP contribution in [-0.2, 0) is 16.9 Å². The summed E-state index contributed by atoms with van der Waals surface area (Å²) in [7, 11) is 0. The fraction of sp³-hybridized carbons (Fsp3) is 0.136. The predicted molar refractivity (Wildman–Crippen MR) is 106 cm³/mol. The zero-order valence-electron chi connectivity index (χ0n) is 14.9. The Morgan fingerprint density at radius 1 is 1.07 bits per heavy atom. The van der Waals surface area contributed by atoms with E-state index in [9.17, 15) is 14.7 Å². The molecule has 1 atom stereocenters. The van der Waals surface area contributed by atoms with Crippen LogP contribution < -0.4 is 4.90 Å². The number of amides is 1. The number of benzene rings is 2. The van der Waals surface area contributed by atoms with Crippen LogP contribution in [0.5, 0.6) is 0 Å². The Bertz CT molecular complexity index is 1050. The van der Waals surface area contributed by atoms with E-state index in [0.717, 1.165) is 5.56 Å². The van der Waals surface area contributed by atoms with Crippen molar-refractivity contribution in [1.82, 2.24) is 4.98 Å². The number of pyridine rings is 1. The lowest BCUT2D eigenvalue weighted by atomic mass is 9.89. The number of Topliss-reactive ketones (excluding diaryl/α,β-unsaturated/α-hetero) is 1. The monoisotopic (exact) mass is 392 g/mol. The van der Waals surface area contributed by atoms with E-state index in [1.165, 1.54) is 11.1 Å². The average Bonchev–Trinajstić information content (AvgIpc) is 2.91. The zero-order valence-corrected chi connectivity index (χ0v) is 15.6. The molecule has 0 fully saturated rings. The van der Waals surface area contributed by atoms with Crippen molar-refractivity contribution in [3.63, 3.8) is 0 Å². The Hall–Kier alpha value is -3.02. The number of fused-ring (bicyclic) bond motifs is 1. The first kappa shape index (κ1) is 18.3. The van der Waals surface area contributed by atoms with Gasteiger partial charge in [0.25, 0.3) is 5.91 Å². The quantitative estimate of drug-likeness (QED) is 0.671. The minimum Gasteiger partial charge on any atom is -0.375 e. The van der Waals surface area contributed by atoms with E-state index in [4.69, 9.17) is 11.6 Å². The highest BCUT2D eigenvalue weighted by molar-refractivity contribution is 6.30. The Kier molecular flexibility index (Phi) is 4.71. The van der Waals surface area contributed by atoms with Crippen LogP contribution in [0.4, 0.5) is 5.69 Å². The maximum atomic E-state index is 13.2. The topological polar surface area (TPSA) is 70.5 Å². The second-order valence-corrected chi connectivity index (χ2v) is 7.15. The Labute approximate surface area is 167 Å². The van der Waals surface area contributed by atoms with Crippen molar-refractivity contribution < 1.29 is 14.7 Å². The van der Waals surface area contributed by atoms with Crippen LogP contribution >= 0.6 is 11.6 Å².